The molecule has 1 aliphatic heterocycles. The highest BCUT2D eigenvalue weighted by Gasteiger charge is 2.41. The van der Waals surface area contributed by atoms with E-state index < -0.39 is 27.6 Å². The molecule has 5 rings (SSSR count). The van der Waals surface area contributed by atoms with Crippen molar-refractivity contribution in [1.29, 1.82) is 0 Å². The molecule has 0 unspecified atom stereocenters. The number of sulfonamides is 1. The lowest BCUT2D eigenvalue weighted by Crippen LogP contribution is -2.43. The van der Waals surface area contributed by atoms with Crippen molar-refractivity contribution in [1.82, 2.24) is 19.1 Å². The number of carbonyl (C=O) groups is 1. The summed E-state index contributed by atoms with van der Waals surface area (Å²) in [4.78, 5) is 28.0. The quantitative estimate of drug-likeness (QED) is 0.464. The van der Waals surface area contributed by atoms with Crippen molar-refractivity contribution in [2.24, 2.45) is 5.92 Å². The summed E-state index contributed by atoms with van der Waals surface area (Å²) in [5.74, 6) is 0.480. The lowest BCUT2D eigenvalue weighted by Gasteiger charge is -2.27. The van der Waals surface area contributed by atoms with Crippen molar-refractivity contribution < 1.29 is 17.9 Å². The average molecular weight is 514 g/mol. The van der Waals surface area contributed by atoms with Crippen molar-refractivity contribution in [3.8, 4) is 0 Å². The number of fused-ring (bicyclic) bond motifs is 1. The van der Waals surface area contributed by atoms with Gasteiger partial charge in [-0.05, 0) is 82.7 Å². The number of ether oxygens (including phenoxy) is 1. The Morgan fingerprint density at radius 3 is 2.56 bits per heavy atom. The fraction of sp³-hybridized carbons (Fsp3) is 0.480. The minimum Gasteiger partial charge on any atom is -0.459 e. The van der Waals surface area contributed by atoms with E-state index in [0.29, 0.717) is 35.7 Å². The molecule has 3 aromatic rings. The largest absolute Gasteiger partial charge is 0.459 e. The number of aromatic amines is 1. The first-order valence-corrected chi connectivity index (χ1v) is 13.7. The Balaban J connectivity index is 1.37. The van der Waals surface area contributed by atoms with E-state index in [9.17, 15) is 18.0 Å². The summed E-state index contributed by atoms with van der Waals surface area (Å²) in [5, 5.41) is 8.26. The zero-order valence-corrected chi connectivity index (χ0v) is 21.5. The Bertz CT molecular complexity index is 1450. The Morgan fingerprint density at radius 2 is 1.89 bits per heavy atom. The highest BCUT2D eigenvalue weighted by Crippen LogP contribution is 2.33. The van der Waals surface area contributed by atoms with Gasteiger partial charge in [-0.15, -0.1) is 0 Å². The summed E-state index contributed by atoms with van der Waals surface area (Å²) >= 11 is 0. The van der Waals surface area contributed by atoms with E-state index in [1.807, 2.05) is 10.7 Å². The van der Waals surface area contributed by atoms with Gasteiger partial charge >= 0.3 is 5.97 Å². The van der Waals surface area contributed by atoms with Crippen LogP contribution in [0.4, 0.5) is 11.5 Å². The highest BCUT2D eigenvalue weighted by atomic mass is 32.2. The topological polar surface area (TPSA) is 126 Å². The number of pyridine rings is 1. The van der Waals surface area contributed by atoms with E-state index >= 15 is 0 Å². The molecule has 1 atom stereocenters. The van der Waals surface area contributed by atoms with Gasteiger partial charge in [-0.25, -0.2) is 8.42 Å². The zero-order chi connectivity index (χ0) is 25.7. The number of anilines is 2. The molecule has 2 aromatic heterocycles. The molecule has 0 bridgehead atoms. The Hall–Kier alpha value is -3.18. The maximum Gasteiger partial charge on any atom is 0.324 e. The summed E-state index contributed by atoms with van der Waals surface area (Å²) in [6.45, 7) is 6.30. The number of nitrogens with one attached hydrogen (secondary N) is 2. The Kier molecular flexibility index (Phi) is 6.16. The van der Waals surface area contributed by atoms with E-state index in [1.165, 1.54) is 16.4 Å². The molecule has 2 aliphatic rings. The monoisotopic (exact) mass is 513 g/mol. The number of rotatable bonds is 7. The molecule has 36 heavy (non-hydrogen) atoms. The molecule has 2 N–H and O–H groups in total. The van der Waals surface area contributed by atoms with E-state index in [-0.39, 0.29) is 17.0 Å². The third-order valence-corrected chi connectivity index (χ3v) is 8.33. The lowest BCUT2D eigenvalue weighted by atomic mass is 10.2. The van der Waals surface area contributed by atoms with Crippen molar-refractivity contribution >= 4 is 38.4 Å². The number of benzene rings is 1. The molecular weight excluding hydrogens is 482 g/mol. The first-order chi connectivity index (χ1) is 17.0. The maximum absolute atomic E-state index is 13.4. The Labute approximate surface area is 209 Å². The van der Waals surface area contributed by atoms with Crippen LogP contribution in [0.1, 0.15) is 46.5 Å². The molecular formula is C25H31N5O5S. The van der Waals surface area contributed by atoms with Gasteiger partial charge in [0.25, 0.3) is 5.56 Å². The van der Waals surface area contributed by atoms with Crippen LogP contribution in [-0.2, 0) is 26.1 Å². The third kappa shape index (κ3) is 4.90. The summed E-state index contributed by atoms with van der Waals surface area (Å²) in [7, 11) is -3.89. The van der Waals surface area contributed by atoms with E-state index in [2.05, 4.69) is 15.4 Å². The van der Waals surface area contributed by atoms with Crippen LogP contribution < -0.4 is 10.9 Å². The van der Waals surface area contributed by atoms with Gasteiger partial charge in [0.05, 0.1) is 10.4 Å². The molecule has 3 heterocycles. The Morgan fingerprint density at radius 1 is 1.17 bits per heavy atom. The van der Waals surface area contributed by atoms with E-state index in [0.717, 1.165) is 24.9 Å². The van der Waals surface area contributed by atoms with Gasteiger partial charge in [0, 0.05) is 25.0 Å². The summed E-state index contributed by atoms with van der Waals surface area (Å²) in [6, 6.07) is 7.26. The van der Waals surface area contributed by atoms with Crippen molar-refractivity contribution in [3.63, 3.8) is 0 Å². The minimum atomic E-state index is -3.89. The zero-order valence-electron chi connectivity index (χ0n) is 20.7. The van der Waals surface area contributed by atoms with Crippen LogP contribution in [0.25, 0.3) is 10.9 Å². The third-order valence-electron chi connectivity index (χ3n) is 6.41. The van der Waals surface area contributed by atoms with Gasteiger partial charge in [-0.3, -0.25) is 14.3 Å². The second-order valence-corrected chi connectivity index (χ2v) is 12.4. The average Bonchev–Trinajstić information content (AvgIpc) is 3.34. The van der Waals surface area contributed by atoms with E-state index in [1.54, 1.807) is 39.1 Å². The standard InChI is InChI=1S/C25H31N5O5S/c1-25(2,3)35-24(32)20-5-4-14-30(20)36(33,34)18-10-8-17(9-11-18)27-22-21-19(12-13-26-23(21)31)29(28-22)15-16-6-7-16/h8-13,16,20H,4-7,14-15H2,1-3H3,(H,26,31)(H,27,28)/t20-/m0/s1. The number of esters is 1. The second kappa shape index (κ2) is 9.04. The van der Waals surface area contributed by atoms with Gasteiger partial charge in [-0.1, -0.05) is 0 Å². The predicted molar refractivity (Wildman–Crippen MR) is 136 cm³/mol. The van der Waals surface area contributed by atoms with Crippen molar-refractivity contribution in [2.45, 2.75) is 69.5 Å². The molecule has 0 radical (unpaired) electrons. The second-order valence-electron chi connectivity index (χ2n) is 10.5. The fourth-order valence-corrected chi connectivity index (χ4v) is 6.17. The van der Waals surface area contributed by atoms with Crippen LogP contribution in [0.15, 0.2) is 46.2 Å². The van der Waals surface area contributed by atoms with Gasteiger partial charge < -0.3 is 15.0 Å². The van der Waals surface area contributed by atoms with Crippen LogP contribution >= 0.6 is 0 Å². The summed E-state index contributed by atoms with van der Waals surface area (Å²) in [6.07, 6.45) is 4.96. The normalized spacial score (nSPS) is 19.0. The van der Waals surface area contributed by atoms with Crippen LogP contribution in [-0.4, -0.2) is 51.6 Å². The van der Waals surface area contributed by atoms with Crippen molar-refractivity contribution in [3.05, 3.63) is 46.9 Å². The van der Waals surface area contributed by atoms with Crippen LogP contribution in [0.3, 0.4) is 0 Å². The molecule has 1 saturated heterocycles. The molecule has 0 amide bonds. The number of H-pyrrole nitrogens is 1. The SMILES string of the molecule is CC(C)(C)OC(=O)[C@@H]1CCCN1S(=O)(=O)c1ccc(Nc2nn(CC3CC3)c3cc[nH]c(=O)c23)cc1. The smallest absolute Gasteiger partial charge is 0.324 e. The van der Waals surface area contributed by atoms with Crippen molar-refractivity contribution in [2.75, 3.05) is 11.9 Å². The van der Waals surface area contributed by atoms with Gasteiger partial charge in [0.15, 0.2) is 5.82 Å². The van der Waals surface area contributed by atoms with Crippen LogP contribution in [0, 0.1) is 5.92 Å². The first-order valence-electron chi connectivity index (χ1n) is 12.2. The number of hydrogen-bond donors (Lipinski definition) is 2. The minimum absolute atomic E-state index is 0.0884. The molecule has 2 fully saturated rings. The molecule has 1 saturated carbocycles. The number of hydrogen-bond acceptors (Lipinski definition) is 7. The maximum atomic E-state index is 13.4. The number of carbonyl (C=O) groups excluding carboxylic acids is 1. The molecule has 1 aromatic carbocycles. The molecule has 10 nitrogen and oxygen atoms in total. The summed E-state index contributed by atoms with van der Waals surface area (Å²) in [5.41, 5.74) is 0.424. The predicted octanol–water partition coefficient (Wildman–Crippen LogP) is 3.37. The van der Waals surface area contributed by atoms with E-state index in [4.69, 9.17) is 4.74 Å². The highest BCUT2D eigenvalue weighted by molar-refractivity contribution is 7.89. The van der Waals surface area contributed by atoms with Gasteiger partial charge in [0.1, 0.15) is 17.0 Å². The summed E-state index contributed by atoms with van der Waals surface area (Å²) < 4.78 is 35.2. The first kappa shape index (κ1) is 24.5. The number of nitrogens with zero attached hydrogens (tertiary/aromatic N) is 3. The fourth-order valence-electron chi connectivity index (χ4n) is 4.52. The van der Waals surface area contributed by atoms with Gasteiger partial charge in [0.2, 0.25) is 10.0 Å². The molecule has 0 spiro atoms. The van der Waals surface area contributed by atoms with Gasteiger partial charge in [-0.2, -0.15) is 9.40 Å². The lowest BCUT2D eigenvalue weighted by molar-refractivity contribution is -0.158. The number of aromatic nitrogens is 3. The molecule has 11 heteroatoms. The molecule has 192 valence electrons. The van der Waals surface area contributed by atoms with Crippen LogP contribution in [0.2, 0.25) is 0 Å². The van der Waals surface area contributed by atoms with Crippen LogP contribution in [0.5, 0.6) is 0 Å². The molecule has 1 aliphatic carbocycles.